The maximum atomic E-state index is 11.2. The first-order chi connectivity index (χ1) is 16.7. The van der Waals surface area contributed by atoms with E-state index in [0.717, 1.165) is 33.4 Å². The van der Waals surface area contributed by atoms with Crippen molar-refractivity contribution in [1.29, 1.82) is 0 Å². The first-order valence-electron chi connectivity index (χ1n) is 11.6. The minimum absolute atomic E-state index is 0.0608. The Labute approximate surface area is 205 Å². The Balaban J connectivity index is 1.32. The SMILES string of the molecule is Cc1cc(O[C@@H](C)CCOc2ccc(OC(C)(C)C(=O)O)cc2)cc2occ(-c3ccccc3)c12. The molecule has 0 aliphatic rings. The number of carbonyl (C=O) groups is 1. The van der Waals surface area contributed by atoms with Crippen molar-refractivity contribution in [1.82, 2.24) is 0 Å². The first kappa shape index (κ1) is 24.2. The topological polar surface area (TPSA) is 78.1 Å². The summed E-state index contributed by atoms with van der Waals surface area (Å²) in [7, 11) is 0. The third kappa shape index (κ3) is 5.77. The number of ether oxygens (including phenoxy) is 3. The molecule has 0 bridgehead atoms. The van der Waals surface area contributed by atoms with Crippen LogP contribution in [0.15, 0.2) is 77.4 Å². The predicted octanol–water partition coefficient (Wildman–Crippen LogP) is 6.89. The van der Waals surface area contributed by atoms with Gasteiger partial charge < -0.3 is 23.7 Å². The van der Waals surface area contributed by atoms with Gasteiger partial charge in [0.1, 0.15) is 22.8 Å². The fraction of sp³-hybridized carbons (Fsp3) is 0.276. The second kappa shape index (κ2) is 10.1. The zero-order chi connectivity index (χ0) is 25.0. The van der Waals surface area contributed by atoms with Crippen molar-refractivity contribution in [2.45, 2.75) is 45.8 Å². The maximum Gasteiger partial charge on any atom is 0.347 e. The number of benzene rings is 3. The van der Waals surface area contributed by atoms with Crippen LogP contribution in [0.1, 0.15) is 32.8 Å². The summed E-state index contributed by atoms with van der Waals surface area (Å²) < 4.78 is 23.3. The van der Waals surface area contributed by atoms with Crippen molar-refractivity contribution >= 4 is 16.9 Å². The summed E-state index contributed by atoms with van der Waals surface area (Å²) in [6.07, 6.45) is 2.43. The lowest BCUT2D eigenvalue weighted by Gasteiger charge is -2.21. The quantitative estimate of drug-likeness (QED) is 0.270. The van der Waals surface area contributed by atoms with E-state index >= 15 is 0 Å². The van der Waals surface area contributed by atoms with E-state index in [1.54, 1.807) is 30.5 Å². The number of rotatable bonds is 10. The second-order valence-corrected chi connectivity index (χ2v) is 9.08. The van der Waals surface area contributed by atoms with Gasteiger partial charge in [-0.05, 0) is 69.2 Å². The summed E-state index contributed by atoms with van der Waals surface area (Å²) >= 11 is 0. The van der Waals surface area contributed by atoms with E-state index < -0.39 is 11.6 Å². The average Bonchev–Trinajstić information content (AvgIpc) is 3.25. The summed E-state index contributed by atoms with van der Waals surface area (Å²) in [5.41, 5.74) is 2.81. The number of carboxylic acids is 1. The maximum absolute atomic E-state index is 11.2. The lowest BCUT2D eigenvalue weighted by molar-refractivity contribution is -0.152. The highest BCUT2D eigenvalue weighted by Crippen LogP contribution is 2.35. The Bertz CT molecular complexity index is 1290. The van der Waals surface area contributed by atoms with Gasteiger partial charge in [-0.1, -0.05) is 30.3 Å². The number of aliphatic carboxylic acids is 1. The highest BCUT2D eigenvalue weighted by Gasteiger charge is 2.29. The molecule has 6 heteroatoms. The number of hydrogen-bond donors (Lipinski definition) is 1. The van der Waals surface area contributed by atoms with E-state index in [-0.39, 0.29) is 6.10 Å². The lowest BCUT2D eigenvalue weighted by atomic mass is 10.0. The molecule has 0 aliphatic carbocycles. The van der Waals surface area contributed by atoms with Crippen molar-refractivity contribution in [3.63, 3.8) is 0 Å². The molecule has 1 aromatic heterocycles. The largest absolute Gasteiger partial charge is 0.493 e. The van der Waals surface area contributed by atoms with Gasteiger partial charge in [0.15, 0.2) is 5.60 Å². The van der Waals surface area contributed by atoms with Crippen molar-refractivity contribution in [3.05, 3.63) is 78.6 Å². The summed E-state index contributed by atoms with van der Waals surface area (Å²) in [4.78, 5) is 11.2. The molecular formula is C29H30O6. The zero-order valence-electron chi connectivity index (χ0n) is 20.4. The molecule has 0 saturated heterocycles. The van der Waals surface area contributed by atoms with Gasteiger partial charge in [0.05, 0.1) is 19.0 Å². The Morgan fingerprint density at radius 3 is 2.37 bits per heavy atom. The fourth-order valence-electron chi connectivity index (χ4n) is 3.82. The first-order valence-corrected chi connectivity index (χ1v) is 11.6. The number of hydrogen-bond acceptors (Lipinski definition) is 5. The second-order valence-electron chi connectivity index (χ2n) is 9.08. The van der Waals surface area contributed by atoms with Crippen molar-refractivity contribution in [2.24, 2.45) is 0 Å². The smallest absolute Gasteiger partial charge is 0.347 e. The highest BCUT2D eigenvalue weighted by molar-refractivity contribution is 5.97. The highest BCUT2D eigenvalue weighted by atomic mass is 16.5. The molecule has 1 atom stereocenters. The fourth-order valence-corrected chi connectivity index (χ4v) is 3.82. The molecule has 0 unspecified atom stereocenters. The van der Waals surface area contributed by atoms with Gasteiger partial charge in [-0.15, -0.1) is 0 Å². The number of furan rings is 1. The molecule has 1 heterocycles. The normalized spacial score (nSPS) is 12.3. The van der Waals surface area contributed by atoms with Crippen LogP contribution in [0.3, 0.4) is 0 Å². The van der Waals surface area contributed by atoms with Gasteiger partial charge in [-0.25, -0.2) is 4.79 Å². The van der Waals surface area contributed by atoms with Crippen LogP contribution >= 0.6 is 0 Å². The third-order valence-corrected chi connectivity index (χ3v) is 5.77. The minimum Gasteiger partial charge on any atom is -0.493 e. The van der Waals surface area contributed by atoms with Gasteiger partial charge >= 0.3 is 5.97 Å². The van der Waals surface area contributed by atoms with Crippen LogP contribution in [0.2, 0.25) is 0 Å². The lowest BCUT2D eigenvalue weighted by Crippen LogP contribution is -2.37. The van der Waals surface area contributed by atoms with Crippen molar-refractivity contribution in [2.75, 3.05) is 6.61 Å². The summed E-state index contributed by atoms with van der Waals surface area (Å²) in [6, 6.07) is 21.1. The van der Waals surface area contributed by atoms with Gasteiger partial charge in [0.2, 0.25) is 0 Å². The van der Waals surface area contributed by atoms with Gasteiger partial charge in [-0.2, -0.15) is 0 Å². The Morgan fingerprint density at radius 1 is 1.00 bits per heavy atom. The molecular weight excluding hydrogens is 444 g/mol. The van der Waals surface area contributed by atoms with Crippen LogP contribution in [0, 0.1) is 6.92 Å². The van der Waals surface area contributed by atoms with Crippen LogP contribution in [-0.4, -0.2) is 29.4 Å². The van der Waals surface area contributed by atoms with E-state index in [0.29, 0.717) is 24.5 Å². The van der Waals surface area contributed by atoms with Crippen LogP contribution in [0.5, 0.6) is 17.2 Å². The monoisotopic (exact) mass is 474 g/mol. The van der Waals surface area contributed by atoms with E-state index in [9.17, 15) is 9.90 Å². The summed E-state index contributed by atoms with van der Waals surface area (Å²) in [5.74, 6) is 0.892. The molecule has 4 rings (SSSR count). The molecule has 0 fully saturated rings. The Kier molecular flexibility index (Phi) is 7.01. The summed E-state index contributed by atoms with van der Waals surface area (Å²) in [5, 5.41) is 10.3. The average molecular weight is 475 g/mol. The van der Waals surface area contributed by atoms with Crippen LogP contribution < -0.4 is 14.2 Å². The molecule has 4 aromatic rings. The standard InChI is InChI=1S/C29H30O6/c1-19-16-24(17-26-27(19)25(18-33-26)21-8-6-5-7-9-21)34-20(2)14-15-32-22-10-12-23(13-11-22)35-29(3,4)28(30)31/h5-13,16-18,20H,14-15H2,1-4H3,(H,30,31)/t20-/m0/s1. The van der Waals surface area contributed by atoms with Crippen LogP contribution in [0.25, 0.3) is 22.1 Å². The van der Waals surface area contributed by atoms with E-state index in [1.165, 1.54) is 13.8 Å². The third-order valence-electron chi connectivity index (χ3n) is 5.77. The molecule has 0 aliphatic heterocycles. The minimum atomic E-state index is -1.30. The van der Waals surface area contributed by atoms with Gasteiger partial charge in [0.25, 0.3) is 0 Å². The molecule has 1 N–H and O–H groups in total. The molecule has 0 radical (unpaired) electrons. The molecule has 0 spiro atoms. The van der Waals surface area contributed by atoms with E-state index in [2.05, 4.69) is 19.1 Å². The van der Waals surface area contributed by atoms with Gasteiger partial charge in [0, 0.05) is 23.4 Å². The number of carboxylic acid groups (broad SMARTS) is 1. The van der Waals surface area contributed by atoms with Crippen molar-refractivity contribution < 1.29 is 28.5 Å². The van der Waals surface area contributed by atoms with Crippen LogP contribution in [0.4, 0.5) is 0 Å². The van der Waals surface area contributed by atoms with E-state index in [1.807, 2.05) is 37.3 Å². The zero-order valence-corrected chi connectivity index (χ0v) is 20.4. The van der Waals surface area contributed by atoms with E-state index in [4.69, 9.17) is 18.6 Å². The molecule has 0 saturated carbocycles. The Hall–Kier alpha value is -3.93. The predicted molar refractivity (Wildman–Crippen MR) is 135 cm³/mol. The van der Waals surface area contributed by atoms with Crippen LogP contribution in [-0.2, 0) is 4.79 Å². The van der Waals surface area contributed by atoms with Gasteiger partial charge in [-0.3, -0.25) is 0 Å². The summed E-state index contributed by atoms with van der Waals surface area (Å²) in [6.45, 7) is 7.56. The molecule has 35 heavy (non-hydrogen) atoms. The molecule has 6 nitrogen and oxygen atoms in total. The molecule has 182 valence electrons. The molecule has 0 amide bonds. The number of aryl methyl sites for hydroxylation is 1. The van der Waals surface area contributed by atoms with Crippen molar-refractivity contribution in [3.8, 4) is 28.4 Å². The Morgan fingerprint density at radius 2 is 1.69 bits per heavy atom. The molecule has 3 aromatic carbocycles. The number of fused-ring (bicyclic) bond motifs is 1.